The van der Waals surface area contributed by atoms with E-state index in [0.717, 1.165) is 17.9 Å². The number of carbonyl (C=O) groups is 1. The molecule has 0 saturated heterocycles. The smallest absolute Gasteiger partial charge is 0.220 e. The summed E-state index contributed by atoms with van der Waals surface area (Å²) in [7, 11) is 0. The van der Waals surface area contributed by atoms with Crippen LogP contribution in [0.15, 0.2) is 30.3 Å². The van der Waals surface area contributed by atoms with Crippen molar-refractivity contribution in [3.63, 3.8) is 0 Å². The fourth-order valence-corrected chi connectivity index (χ4v) is 2.53. The van der Waals surface area contributed by atoms with Gasteiger partial charge in [-0.3, -0.25) is 4.79 Å². The maximum atomic E-state index is 11.6. The number of amides is 1. The average molecular weight is 255 g/mol. The Hall–Kier alpha value is -1.75. The van der Waals surface area contributed by atoms with E-state index in [-0.39, 0.29) is 5.91 Å². The second kappa shape index (κ2) is 7.63. The van der Waals surface area contributed by atoms with Gasteiger partial charge in [-0.2, -0.15) is 0 Å². The maximum Gasteiger partial charge on any atom is 0.220 e. The number of benzene rings is 1. The molecule has 2 rings (SSSR count). The standard InChI is InChI=1S/C17H21NO/c19-17(13-12-16-9-4-5-10-16)18-14-6-11-15-7-2-1-3-8-15/h1-3,7-8,16H,4-5,9-10,12-14H2,(H,18,19). The second-order valence-electron chi connectivity index (χ2n) is 5.13. The van der Waals surface area contributed by atoms with Gasteiger partial charge in [-0.15, -0.1) is 0 Å². The highest BCUT2D eigenvalue weighted by molar-refractivity contribution is 5.76. The third kappa shape index (κ3) is 5.18. The Labute approximate surface area is 115 Å². The van der Waals surface area contributed by atoms with Gasteiger partial charge in [0.2, 0.25) is 5.91 Å². The molecule has 0 heterocycles. The Bertz CT molecular complexity index is 449. The summed E-state index contributed by atoms with van der Waals surface area (Å²) in [5.41, 5.74) is 0.989. The Kier molecular flexibility index (Phi) is 5.49. The van der Waals surface area contributed by atoms with E-state index in [4.69, 9.17) is 0 Å². The summed E-state index contributed by atoms with van der Waals surface area (Å²) in [6, 6.07) is 9.83. The zero-order valence-electron chi connectivity index (χ0n) is 11.3. The number of carbonyl (C=O) groups excluding carboxylic acids is 1. The first-order valence-electron chi connectivity index (χ1n) is 7.15. The monoisotopic (exact) mass is 255 g/mol. The van der Waals surface area contributed by atoms with Crippen molar-refractivity contribution in [2.24, 2.45) is 5.92 Å². The van der Waals surface area contributed by atoms with Crippen LogP contribution >= 0.6 is 0 Å². The molecule has 19 heavy (non-hydrogen) atoms. The zero-order chi connectivity index (χ0) is 13.3. The Morgan fingerprint density at radius 1 is 1.21 bits per heavy atom. The van der Waals surface area contributed by atoms with Crippen molar-refractivity contribution >= 4 is 5.91 Å². The van der Waals surface area contributed by atoms with E-state index in [9.17, 15) is 4.79 Å². The van der Waals surface area contributed by atoms with Crippen LogP contribution in [0.5, 0.6) is 0 Å². The lowest BCUT2D eigenvalue weighted by Gasteiger charge is -2.07. The lowest BCUT2D eigenvalue weighted by Crippen LogP contribution is -2.23. The molecule has 0 spiro atoms. The van der Waals surface area contributed by atoms with Gasteiger partial charge in [0.25, 0.3) is 0 Å². The quantitative estimate of drug-likeness (QED) is 0.823. The molecule has 2 nitrogen and oxygen atoms in total. The molecule has 1 aromatic carbocycles. The van der Waals surface area contributed by atoms with Crippen LogP contribution in [0.4, 0.5) is 0 Å². The van der Waals surface area contributed by atoms with Crippen LogP contribution in [0, 0.1) is 17.8 Å². The van der Waals surface area contributed by atoms with Crippen molar-refractivity contribution in [2.45, 2.75) is 38.5 Å². The van der Waals surface area contributed by atoms with Gasteiger partial charge in [0.15, 0.2) is 0 Å². The van der Waals surface area contributed by atoms with Crippen molar-refractivity contribution in [2.75, 3.05) is 6.54 Å². The third-order valence-electron chi connectivity index (χ3n) is 3.63. The highest BCUT2D eigenvalue weighted by atomic mass is 16.1. The molecule has 1 aliphatic carbocycles. The van der Waals surface area contributed by atoms with Crippen LogP contribution in [0.2, 0.25) is 0 Å². The summed E-state index contributed by atoms with van der Waals surface area (Å²) < 4.78 is 0. The van der Waals surface area contributed by atoms with Gasteiger partial charge in [0, 0.05) is 12.0 Å². The number of nitrogens with one attached hydrogen (secondary N) is 1. The number of hydrogen-bond donors (Lipinski definition) is 1. The van der Waals surface area contributed by atoms with Crippen molar-refractivity contribution in [3.05, 3.63) is 35.9 Å². The van der Waals surface area contributed by atoms with Crippen LogP contribution in [-0.4, -0.2) is 12.5 Å². The highest BCUT2D eigenvalue weighted by Gasteiger charge is 2.15. The van der Waals surface area contributed by atoms with Gasteiger partial charge in [-0.25, -0.2) is 0 Å². The molecule has 1 saturated carbocycles. The van der Waals surface area contributed by atoms with Crippen molar-refractivity contribution in [1.29, 1.82) is 0 Å². The topological polar surface area (TPSA) is 29.1 Å². The van der Waals surface area contributed by atoms with E-state index >= 15 is 0 Å². The second-order valence-corrected chi connectivity index (χ2v) is 5.13. The molecular weight excluding hydrogens is 234 g/mol. The summed E-state index contributed by atoms with van der Waals surface area (Å²) in [6.45, 7) is 0.443. The zero-order valence-corrected chi connectivity index (χ0v) is 11.3. The molecule has 0 aliphatic heterocycles. The molecule has 1 aliphatic rings. The molecule has 1 aromatic rings. The molecular formula is C17H21NO. The van der Waals surface area contributed by atoms with Crippen LogP contribution in [-0.2, 0) is 4.79 Å². The first kappa shape index (κ1) is 13.7. The summed E-state index contributed by atoms with van der Waals surface area (Å²) >= 11 is 0. The molecule has 0 unspecified atom stereocenters. The molecule has 0 atom stereocenters. The molecule has 0 radical (unpaired) electrons. The van der Waals surface area contributed by atoms with Gasteiger partial charge >= 0.3 is 0 Å². The normalized spacial score (nSPS) is 14.7. The lowest BCUT2D eigenvalue weighted by atomic mass is 10.0. The van der Waals surface area contributed by atoms with E-state index in [1.165, 1.54) is 25.7 Å². The van der Waals surface area contributed by atoms with E-state index in [1.54, 1.807) is 0 Å². The van der Waals surface area contributed by atoms with Crippen LogP contribution < -0.4 is 5.32 Å². The molecule has 1 amide bonds. The van der Waals surface area contributed by atoms with E-state index in [2.05, 4.69) is 17.2 Å². The molecule has 100 valence electrons. The van der Waals surface area contributed by atoms with Crippen molar-refractivity contribution < 1.29 is 4.79 Å². The van der Waals surface area contributed by atoms with E-state index < -0.39 is 0 Å². The minimum absolute atomic E-state index is 0.134. The van der Waals surface area contributed by atoms with Crippen LogP contribution in [0.25, 0.3) is 0 Å². The highest BCUT2D eigenvalue weighted by Crippen LogP contribution is 2.28. The fourth-order valence-electron chi connectivity index (χ4n) is 2.53. The van der Waals surface area contributed by atoms with Gasteiger partial charge < -0.3 is 5.32 Å². The lowest BCUT2D eigenvalue weighted by molar-refractivity contribution is -0.121. The predicted molar refractivity (Wildman–Crippen MR) is 77.5 cm³/mol. The van der Waals surface area contributed by atoms with Crippen molar-refractivity contribution in [3.8, 4) is 11.8 Å². The number of rotatable bonds is 4. The SMILES string of the molecule is O=C(CCC1CCCC1)NCC#Cc1ccccc1. The first-order chi connectivity index (χ1) is 9.34. The minimum Gasteiger partial charge on any atom is -0.345 e. The molecule has 2 heteroatoms. The Morgan fingerprint density at radius 3 is 2.68 bits per heavy atom. The Balaban J connectivity index is 1.62. The van der Waals surface area contributed by atoms with E-state index in [1.807, 2.05) is 30.3 Å². The summed E-state index contributed by atoms with van der Waals surface area (Å²) in [5, 5.41) is 2.86. The summed E-state index contributed by atoms with van der Waals surface area (Å²) in [6.07, 6.45) is 6.99. The minimum atomic E-state index is 0.134. The van der Waals surface area contributed by atoms with E-state index in [0.29, 0.717) is 13.0 Å². The summed E-state index contributed by atoms with van der Waals surface area (Å²) in [4.78, 5) is 11.6. The predicted octanol–water partition coefficient (Wildman–Crippen LogP) is 3.12. The molecule has 1 fully saturated rings. The molecule has 1 N–H and O–H groups in total. The third-order valence-corrected chi connectivity index (χ3v) is 3.63. The maximum absolute atomic E-state index is 11.6. The number of hydrogen-bond acceptors (Lipinski definition) is 1. The van der Waals surface area contributed by atoms with Crippen molar-refractivity contribution in [1.82, 2.24) is 5.32 Å². The average Bonchev–Trinajstić information content (AvgIpc) is 2.96. The van der Waals surface area contributed by atoms with Crippen LogP contribution in [0.3, 0.4) is 0 Å². The fraction of sp³-hybridized carbons (Fsp3) is 0.471. The van der Waals surface area contributed by atoms with Gasteiger partial charge in [-0.05, 0) is 24.5 Å². The largest absolute Gasteiger partial charge is 0.345 e. The molecule has 0 bridgehead atoms. The van der Waals surface area contributed by atoms with Crippen LogP contribution in [0.1, 0.15) is 44.1 Å². The van der Waals surface area contributed by atoms with Gasteiger partial charge in [0.05, 0.1) is 6.54 Å². The first-order valence-corrected chi connectivity index (χ1v) is 7.15. The van der Waals surface area contributed by atoms with Gasteiger partial charge in [0.1, 0.15) is 0 Å². The Morgan fingerprint density at radius 2 is 1.95 bits per heavy atom. The summed E-state index contributed by atoms with van der Waals surface area (Å²) in [5.74, 6) is 6.92. The van der Waals surface area contributed by atoms with Gasteiger partial charge in [-0.1, -0.05) is 55.7 Å². The molecule has 0 aromatic heterocycles.